The summed E-state index contributed by atoms with van der Waals surface area (Å²) in [7, 11) is 0. The van der Waals surface area contributed by atoms with Crippen molar-refractivity contribution in [2.24, 2.45) is 10.9 Å². The molecule has 134 valence electrons. The van der Waals surface area contributed by atoms with Crippen LogP contribution in [0.25, 0.3) is 0 Å². The van der Waals surface area contributed by atoms with Gasteiger partial charge in [0, 0.05) is 17.9 Å². The molecule has 0 saturated carbocycles. The van der Waals surface area contributed by atoms with Gasteiger partial charge in [0.2, 0.25) is 5.90 Å². The normalized spacial score (nSPS) is 20.6. The molecule has 0 saturated heterocycles. The smallest absolute Gasteiger partial charge is 0.341 e. The molecule has 3 rings (SSSR count). The van der Waals surface area contributed by atoms with Gasteiger partial charge in [-0.1, -0.05) is 62.4 Å². The molecule has 2 aromatic carbocycles. The Morgan fingerprint density at radius 3 is 2.23 bits per heavy atom. The lowest BCUT2D eigenvalue weighted by Crippen LogP contribution is -2.42. The van der Waals surface area contributed by atoms with E-state index in [0.717, 1.165) is 17.4 Å². The maximum absolute atomic E-state index is 13.1. The Hall–Kier alpha value is -2.75. The van der Waals surface area contributed by atoms with Crippen molar-refractivity contribution in [1.29, 1.82) is 0 Å². The van der Waals surface area contributed by atoms with Crippen LogP contribution in [-0.2, 0) is 14.3 Å². The number of benzene rings is 2. The Labute approximate surface area is 153 Å². The molecule has 0 amide bonds. The first-order chi connectivity index (χ1) is 12.6. The minimum Gasteiger partial charge on any atom is -0.405 e. The van der Waals surface area contributed by atoms with E-state index in [0.29, 0.717) is 12.3 Å². The van der Waals surface area contributed by atoms with Gasteiger partial charge in [-0.3, -0.25) is 0 Å². The van der Waals surface area contributed by atoms with Gasteiger partial charge in [0.1, 0.15) is 6.29 Å². The number of hydrogen-bond donors (Lipinski definition) is 0. The van der Waals surface area contributed by atoms with Crippen LogP contribution in [0.2, 0.25) is 0 Å². The van der Waals surface area contributed by atoms with Gasteiger partial charge < -0.3 is 9.53 Å². The van der Waals surface area contributed by atoms with Crippen LogP contribution in [0.1, 0.15) is 43.7 Å². The van der Waals surface area contributed by atoms with Gasteiger partial charge in [-0.25, -0.2) is 9.79 Å². The predicted octanol–water partition coefficient (Wildman–Crippen LogP) is 4.15. The average Bonchev–Trinajstić information content (AvgIpc) is 2.97. The zero-order chi connectivity index (χ0) is 18.6. The van der Waals surface area contributed by atoms with Crippen molar-refractivity contribution in [3.05, 3.63) is 71.8 Å². The number of aldehydes is 1. The highest BCUT2D eigenvalue weighted by molar-refractivity contribution is 6.08. The van der Waals surface area contributed by atoms with Crippen molar-refractivity contribution in [3.63, 3.8) is 0 Å². The van der Waals surface area contributed by atoms with E-state index in [2.05, 4.69) is 0 Å². The Kier molecular flexibility index (Phi) is 5.31. The van der Waals surface area contributed by atoms with E-state index in [1.807, 2.05) is 74.5 Å². The van der Waals surface area contributed by atoms with E-state index in [1.165, 1.54) is 0 Å². The highest BCUT2D eigenvalue weighted by Gasteiger charge is 2.52. The van der Waals surface area contributed by atoms with Crippen LogP contribution >= 0.6 is 0 Å². The van der Waals surface area contributed by atoms with Crippen LogP contribution in [0.15, 0.2) is 65.7 Å². The number of aliphatic imine (C=N–C) groups is 1. The van der Waals surface area contributed by atoms with E-state index in [-0.39, 0.29) is 24.2 Å². The van der Waals surface area contributed by atoms with Crippen molar-refractivity contribution < 1.29 is 14.3 Å². The number of esters is 1. The lowest BCUT2D eigenvalue weighted by molar-refractivity contribution is -0.140. The predicted molar refractivity (Wildman–Crippen MR) is 101 cm³/mol. The van der Waals surface area contributed by atoms with Crippen LogP contribution in [0.4, 0.5) is 0 Å². The van der Waals surface area contributed by atoms with Gasteiger partial charge in [0.05, 0.1) is 0 Å². The van der Waals surface area contributed by atoms with Crippen LogP contribution in [0, 0.1) is 5.92 Å². The molecule has 0 aliphatic carbocycles. The molecule has 0 bridgehead atoms. The fourth-order valence-corrected chi connectivity index (χ4v) is 3.63. The maximum Gasteiger partial charge on any atom is 0.341 e. The molecule has 0 spiro atoms. The van der Waals surface area contributed by atoms with E-state index >= 15 is 0 Å². The molecule has 0 fully saturated rings. The lowest BCUT2D eigenvalue weighted by Gasteiger charge is -2.32. The number of hydrogen-bond acceptors (Lipinski definition) is 4. The minimum absolute atomic E-state index is 0.220. The quantitative estimate of drug-likeness (QED) is 0.557. The van der Waals surface area contributed by atoms with Crippen molar-refractivity contribution in [3.8, 4) is 0 Å². The van der Waals surface area contributed by atoms with E-state index < -0.39 is 5.54 Å². The van der Waals surface area contributed by atoms with Gasteiger partial charge in [-0.15, -0.1) is 0 Å². The molecule has 1 aliphatic rings. The van der Waals surface area contributed by atoms with Gasteiger partial charge in [0.15, 0.2) is 5.54 Å². The Balaban J connectivity index is 2.12. The molecule has 0 radical (unpaired) electrons. The average molecular weight is 349 g/mol. The van der Waals surface area contributed by atoms with E-state index in [9.17, 15) is 9.59 Å². The molecule has 0 unspecified atom stereocenters. The molecule has 1 heterocycles. The molecule has 0 aromatic heterocycles. The molecule has 2 atom stereocenters. The summed E-state index contributed by atoms with van der Waals surface area (Å²) in [6.07, 6.45) is 1.61. The molecular weight excluding hydrogens is 326 g/mol. The van der Waals surface area contributed by atoms with Gasteiger partial charge >= 0.3 is 5.97 Å². The summed E-state index contributed by atoms with van der Waals surface area (Å²) in [6.45, 7) is 4.10. The van der Waals surface area contributed by atoms with E-state index in [1.54, 1.807) is 0 Å². The number of cyclic esters (lactones) is 1. The van der Waals surface area contributed by atoms with Crippen molar-refractivity contribution in [1.82, 2.24) is 0 Å². The summed E-state index contributed by atoms with van der Waals surface area (Å²) >= 11 is 0. The van der Waals surface area contributed by atoms with Gasteiger partial charge in [-0.05, 0) is 30.0 Å². The number of nitrogens with zero attached hydrogens (tertiary/aromatic N) is 1. The third kappa shape index (κ3) is 3.45. The summed E-state index contributed by atoms with van der Waals surface area (Å²) in [5.41, 5.74) is 0.612. The molecule has 1 aliphatic heterocycles. The monoisotopic (exact) mass is 349 g/mol. The van der Waals surface area contributed by atoms with Crippen molar-refractivity contribution in [2.75, 3.05) is 0 Å². The van der Waals surface area contributed by atoms with Crippen molar-refractivity contribution in [2.45, 2.75) is 38.1 Å². The summed E-state index contributed by atoms with van der Waals surface area (Å²) in [6, 6.07) is 19.0. The number of carbonyl (C=O) groups excluding carboxylic acids is 2. The van der Waals surface area contributed by atoms with Crippen LogP contribution in [-0.4, -0.2) is 23.7 Å². The zero-order valence-corrected chi connectivity index (χ0v) is 15.1. The first-order valence-corrected chi connectivity index (χ1v) is 8.93. The molecule has 2 aromatic rings. The number of ether oxygens (including phenoxy) is 1. The second kappa shape index (κ2) is 7.65. The number of carbonyl (C=O) groups is 2. The van der Waals surface area contributed by atoms with E-state index in [4.69, 9.17) is 9.73 Å². The standard InChI is InChI=1S/C22H23NO3/c1-16(2)15-22(19(13-14-24)17-9-5-3-6-10-17)21(25)26-20(23-22)18-11-7-4-8-12-18/h3-12,14,16,19H,13,15H2,1-2H3/t19-,22-/m0/s1. The zero-order valence-electron chi connectivity index (χ0n) is 15.1. The van der Waals surface area contributed by atoms with Gasteiger partial charge in [-0.2, -0.15) is 0 Å². The highest BCUT2D eigenvalue weighted by Crippen LogP contribution is 2.43. The van der Waals surface area contributed by atoms with Crippen molar-refractivity contribution >= 4 is 18.2 Å². The Bertz CT molecular complexity index is 799. The third-order valence-electron chi connectivity index (χ3n) is 4.69. The second-order valence-corrected chi connectivity index (χ2v) is 7.06. The molecule has 0 N–H and O–H groups in total. The first-order valence-electron chi connectivity index (χ1n) is 8.93. The van der Waals surface area contributed by atoms with Crippen LogP contribution < -0.4 is 0 Å². The SMILES string of the molecule is CC(C)C[C@@]1([C@@H](CC=O)c2ccccc2)N=C(c2ccccc2)OC1=O. The fourth-order valence-electron chi connectivity index (χ4n) is 3.63. The lowest BCUT2D eigenvalue weighted by atomic mass is 9.73. The van der Waals surface area contributed by atoms with Crippen LogP contribution in [0.5, 0.6) is 0 Å². The first kappa shape index (κ1) is 18.1. The summed E-state index contributed by atoms with van der Waals surface area (Å²) in [4.78, 5) is 29.3. The highest BCUT2D eigenvalue weighted by atomic mass is 16.6. The summed E-state index contributed by atoms with van der Waals surface area (Å²) in [5, 5.41) is 0. The number of rotatable bonds is 7. The topological polar surface area (TPSA) is 55.7 Å². The summed E-state index contributed by atoms with van der Waals surface area (Å²) < 4.78 is 5.61. The van der Waals surface area contributed by atoms with Crippen LogP contribution in [0.3, 0.4) is 0 Å². The maximum atomic E-state index is 13.1. The largest absolute Gasteiger partial charge is 0.405 e. The minimum atomic E-state index is -1.08. The fraction of sp³-hybridized carbons (Fsp3) is 0.318. The van der Waals surface area contributed by atoms with Gasteiger partial charge in [0.25, 0.3) is 0 Å². The molecule has 26 heavy (non-hydrogen) atoms. The Morgan fingerprint density at radius 2 is 1.65 bits per heavy atom. The Morgan fingerprint density at radius 1 is 1.04 bits per heavy atom. The third-order valence-corrected chi connectivity index (χ3v) is 4.69. The molecular formula is C22H23NO3. The second-order valence-electron chi connectivity index (χ2n) is 7.06. The molecule has 4 heteroatoms. The molecule has 4 nitrogen and oxygen atoms in total. The summed E-state index contributed by atoms with van der Waals surface area (Å²) in [5.74, 6) is -0.166.